The summed E-state index contributed by atoms with van der Waals surface area (Å²) in [5.41, 5.74) is 2.53. The Morgan fingerprint density at radius 3 is 2.43 bits per heavy atom. The predicted molar refractivity (Wildman–Crippen MR) is 111 cm³/mol. The van der Waals surface area contributed by atoms with Crippen molar-refractivity contribution in [2.45, 2.75) is 0 Å². The molecule has 0 atom stereocenters. The van der Waals surface area contributed by atoms with Crippen LogP contribution in [0.1, 0.15) is 10.4 Å². The van der Waals surface area contributed by atoms with Crippen molar-refractivity contribution in [3.63, 3.8) is 0 Å². The van der Waals surface area contributed by atoms with Crippen molar-refractivity contribution in [2.24, 2.45) is 0 Å². The summed E-state index contributed by atoms with van der Waals surface area (Å²) in [6, 6.07) is 14.5. The number of anilines is 3. The van der Waals surface area contributed by atoms with Gasteiger partial charge in [-0.05, 0) is 18.2 Å². The first kappa shape index (κ1) is 19.5. The molecule has 0 aliphatic carbocycles. The molecule has 6 nitrogen and oxygen atoms in total. The molecule has 1 heterocycles. The zero-order chi connectivity index (χ0) is 20.1. The third kappa shape index (κ3) is 4.18. The van der Waals surface area contributed by atoms with E-state index < -0.39 is 0 Å². The number of rotatable bonds is 6. The molecule has 1 N–H and O–H groups in total. The van der Waals surface area contributed by atoms with Crippen LogP contribution in [0.15, 0.2) is 60.9 Å². The van der Waals surface area contributed by atoms with Crippen molar-refractivity contribution in [2.75, 3.05) is 31.5 Å². The number of carbonyl (C=O) groups is 1. The van der Waals surface area contributed by atoms with Gasteiger partial charge in [-0.25, -0.2) is 0 Å². The van der Waals surface area contributed by atoms with E-state index in [-0.39, 0.29) is 5.91 Å². The Morgan fingerprint density at radius 1 is 1.04 bits per heavy atom. The number of amides is 1. The number of nitrogens with zero attached hydrogens (tertiary/aromatic N) is 2. The fourth-order valence-corrected chi connectivity index (χ4v) is 2.93. The summed E-state index contributed by atoms with van der Waals surface area (Å²) < 4.78 is 10.6. The summed E-state index contributed by atoms with van der Waals surface area (Å²) in [7, 11) is 4.82. The van der Waals surface area contributed by atoms with Gasteiger partial charge in [0, 0.05) is 31.1 Å². The number of methoxy groups -OCH3 is 2. The van der Waals surface area contributed by atoms with E-state index in [1.807, 2.05) is 30.3 Å². The second-order valence-electron chi connectivity index (χ2n) is 5.97. The number of hydrogen-bond donors (Lipinski definition) is 1. The van der Waals surface area contributed by atoms with Gasteiger partial charge < -0.3 is 19.7 Å². The number of benzene rings is 2. The standard InChI is InChI=1S/C21H20ClN3O3/c1-25(16-7-5-4-6-8-16)21(26)14-9-15(13-23-12-14)24-18-11-19(27-2)17(22)10-20(18)28-3/h4-13,24H,1-3H3. The number of hydrogen-bond acceptors (Lipinski definition) is 5. The number of ether oxygens (including phenoxy) is 2. The van der Waals surface area contributed by atoms with Crippen LogP contribution in [0.3, 0.4) is 0 Å². The zero-order valence-corrected chi connectivity index (χ0v) is 16.5. The van der Waals surface area contributed by atoms with Crippen LogP contribution in [-0.2, 0) is 0 Å². The molecule has 0 unspecified atom stereocenters. The van der Waals surface area contributed by atoms with E-state index in [1.165, 1.54) is 13.3 Å². The minimum atomic E-state index is -0.164. The molecule has 28 heavy (non-hydrogen) atoms. The molecule has 0 fully saturated rings. The first-order chi connectivity index (χ1) is 13.5. The lowest BCUT2D eigenvalue weighted by Crippen LogP contribution is -2.26. The van der Waals surface area contributed by atoms with Gasteiger partial charge in [0.15, 0.2) is 0 Å². The van der Waals surface area contributed by atoms with Crippen molar-refractivity contribution in [3.05, 3.63) is 71.5 Å². The van der Waals surface area contributed by atoms with Gasteiger partial charge in [-0.3, -0.25) is 9.78 Å². The average Bonchev–Trinajstić information content (AvgIpc) is 2.74. The first-order valence-corrected chi connectivity index (χ1v) is 8.88. The molecule has 0 saturated carbocycles. The monoisotopic (exact) mass is 397 g/mol. The van der Waals surface area contributed by atoms with E-state index in [1.54, 1.807) is 43.5 Å². The van der Waals surface area contributed by atoms with Crippen molar-refractivity contribution in [3.8, 4) is 11.5 Å². The highest BCUT2D eigenvalue weighted by Gasteiger charge is 2.15. The quantitative estimate of drug-likeness (QED) is 0.649. The van der Waals surface area contributed by atoms with Crippen LogP contribution < -0.4 is 19.7 Å². The number of pyridine rings is 1. The maximum atomic E-state index is 12.8. The van der Waals surface area contributed by atoms with E-state index in [4.69, 9.17) is 21.1 Å². The summed E-state index contributed by atoms with van der Waals surface area (Å²) in [6.07, 6.45) is 3.16. The molecular formula is C21H20ClN3O3. The van der Waals surface area contributed by atoms with Crippen LogP contribution in [0, 0.1) is 0 Å². The lowest BCUT2D eigenvalue weighted by Gasteiger charge is -2.18. The minimum absolute atomic E-state index is 0.164. The smallest absolute Gasteiger partial charge is 0.259 e. The van der Waals surface area contributed by atoms with E-state index in [9.17, 15) is 4.79 Å². The molecule has 0 aliphatic rings. The third-order valence-electron chi connectivity index (χ3n) is 4.19. The molecule has 3 rings (SSSR count). The second kappa shape index (κ2) is 8.63. The van der Waals surface area contributed by atoms with E-state index in [0.717, 1.165) is 5.69 Å². The highest BCUT2D eigenvalue weighted by Crippen LogP contribution is 2.37. The highest BCUT2D eigenvalue weighted by molar-refractivity contribution is 6.32. The van der Waals surface area contributed by atoms with Gasteiger partial charge >= 0.3 is 0 Å². The molecule has 7 heteroatoms. The number of aromatic nitrogens is 1. The van der Waals surface area contributed by atoms with Crippen LogP contribution in [0.5, 0.6) is 11.5 Å². The van der Waals surface area contributed by atoms with Crippen molar-refractivity contribution in [1.82, 2.24) is 4.98 Å². The number of para-hydroxylation sites is 1. The molecule has 1 amide bonds. The van der Waals surface area contributed by atoms with E-state index in [2.05, 4.69) is 10.3 Å². The van der Waals surface area contributed by atoms with Gasteiger partial charge in [0.05, 0.1) is 42.4 Å². The Balaban J connectivity index is 1.87. The molecule has 3 aromatic rings. The molecule has 0 saturated heterocycles. The maximum absolute atomic E-state index is 12.8. The Labute approximate surface area is 168 Å². The SMILES string of the molecule is COc1cc(Nc2cncc(C(=O)N(C)c3ccccc3)c2)c(OC)cc1Cl. The fourth-order valence-electron chi connectivity index (χ4n) is 2.70. The Hall–Kier alpha value is -3.25. The predicted octanol–water partition coefficient (Wildman–Crippen LogP) is 4.77. The number of halogens is 1. The van der Waals surface area contributed by atoms with Crippen molar-refractivity contribution in [1.29, 1.82) is 0 Å². The van der Waals surface area contributed by atoms with Crippen LogP contribution >= 0.6 is 11.6 Å². The summed E-state index contributed by atoms with van der Waals surface area (Å²) in [6.45, 7) is 0. The molecular weight excluding hydrogens is 378 g/mol. The first-order valence-electron chi connectivity index (χ1n) is 8.50. The minimum Gasteiger partial charge on any atom is -0.495 e. The Kier molecular flexibility index (Phi) is 6.01. The maximum Gasteiger partial charge on any atom is 0.259 e. The molecule has 2 aromatic carbocycles. The van der Waals surface area contributed by atoms with Crippen molar-refractivity contribution < 1.29 is 14.3 Å². The summed E-state index contributed by atoms with van der Waals surface area (Å²) >= 11 is 6.15. The van der Waals surface area contributed by atoms with E-state index in [0.29, 0.717) is 33.5 Å². The highest BCUT2D eigenvalue weighted by atomic mass is 35.5. The van der Waals surface area contributed by atoms with Gasteiger partial charge in [-0.15, -0.1) is 0 Å². The lowest BCUT2D eigenvalue weighted by atomic mass is 10.2. The van der Waals surface area contributed by atoms with Gasteiger partial charge in [0.2, 0.25) is 0 Å². The zero-order valence-electron chi connectivity index (χ0n) is 15.8. The van der Waals surface area contributed by atoms with Crippen molar-refractivity contribution >= 4 is 34.6 Å². The van der Waals surface area contributed by atoms with Crippen LogP contribution in [0.2, 0.25) is 5.02 Å². The normalized spacial score (nSPS) is 10.3. The average molecular weight is 398 g/mol. The molecule has 0 bridgehead atoms. The Morgan fingerprint density at radius 2 is 1.75 bits per heavy atom. The van der Waals surface area contributed by atoms with Crippen LogP contribution in [-0.4, -0.2) is 32.2 Å². The number of carbonyl (C=O) groups excluding carboxylic acids is 1. The summed E-state index contributed by atoms with van der Waals surface area (Å²) in [5, 5.41) is 3.64. The molecule has 0 radical (unpaired) electrons. The summed E-state index contributed by atoms with van der Waals surface area (Å²) in [5.74, 6) is 0.890. The topological polar surface area (TPSA) is 63.7 Å². The van der Waals surface area contributed by atoms with Gasteiger partial charge in [-0.2, -0.15) is 0 Å². The third-order valence-corrected chi connectivity index (χ3v) is 4.48. The van der Waals surface area contributed by atoms with Gasteiger partial charge in [-0.1, -0.05) is 29.8 Å². The lowest BCUT2D eigenvalue weighted by molar-refractivity contribution is 0.0992. The molecule has 0 aliphatic heterocycles. The van der Waals surface area contributed by atoms with Gasteiger partial charge in [0.1, 0.15) is 11.5 Å². The largest absolute Gasteiger partial charge is 0.495 e. The summed E-state index contributed by atoms with van der Waals surface area (Å²) in [4.78, 5) is 18.6. The van der Waals surface area contributed by atoms with Crippen LogP contribution in [0.25, 0.3) is 0 Å². The van der Waals surface area contributed by atoms with Gasteiger partial charge in [0.25, 0.3) is 5.91 Å². The van der Waals surface area contributed by atoms with Crippen LogP contribution in [0.4, 0.5) is 17.1 Å². The molecule has 0 spiro atoms. The van der Waals surface area contributed by atoms with E-state index >= 15 is 0 Å². The molecule has 144 valence electrons. The fraction of sp³-hybridized carbons (Fsp3) is 0.143. The Bertz CT molecular complexity index is 980. The number of nitrogens with one attached hydrogen (secondary N) is 1. The molecule has 1 aromatic heterocycles. The second-order valence-corrected chi connectivity index (χ2v) is 6.38.